The minimum absolute atomic E-state index is 0.262. The molecule has 11 heteroatoms. The smallest absolute Gasteiger partial charge is 0.383 e. The van der Waals surface area contributed by atoms with E-state index in [0.29, 0.717) is 16.1 Å². The molecule has 0 aliphatic carbocycles. The molecule has 0 saturated carbocycles. The maximum absolute atomic E-state index is 13.1. The van der Waals surface area contributed by atoms with Gasteiger partial charge in [0.25, 0.3) is 0 Å². The van der Waals surface area contributed by atoms with E-state index in [1.54, 1.807) is 10.7 Å². The molecule has 3 N–H and O–H groups in total. The first-order valence-electron chi connectivity index (χ1n) is 8.98. The topological polar surface area (TPSA) is 84.4 Å². The number of aromatic nitrogens is 4. The summed E-state index contributed by atoms with van der Waals surface area (Å²) in [5, 5.41) is 8.85. The Morgan fingerprint density at radius 3 is 2.64 bits per heavy atom. The van der Waals surface area contributed by atoms with E-state index >= 15 is 0 Å². The second kappa shape index (κ2) is 6.05. The first-order chi connectivity index (χ1) is 13.3. The third-order valence-electron chi connectivity index (χ3n) is 5.54. The van der Waals surface area contributed by atoms with Crippen LogP contribution in [0.4, 0.5) is 24.1 Å². The zero-order valence-corrected chi connectivity index (χ0v) is 15.6. The Morgan fingerprint density at radius 2 is 1.96 bits per heavy atom. The van der Waals surface area contributed by atoms with Crippen molar-refractivity contribution in [2.24, 2.45) is 5.41 Å². The van der Waals surface area contributed by atoms with E-state index in [0.717, 1.165) is 37.4 Å². The molecular weight excluding hydrogens is 391 g/mol. The number of piperidine rings is 1. The second-order valence-corrected chi connectivity index (χ2v) is 8.43. The van der Waals surface area contributed by atoms with Crippen molar-refractivity contribution in [2.75, 3.05) is 36.8 Å². The van der Waals surface area contributed by atoms with E-state index in [4.69, 9.17) is 5.73 Å². The van der Waals surface area contributed by atoms with Crippen molar-refractivity contribution in [3.05, 3.63) is 24.0 Å². The Bertz CT molecular complexity index is 996. The second-order valence-electron chi connectivity index (χ2n) is 7.50. The molecule has 3 aromatic heterocycles. The lowest BCUT2D eigenvalue weighted by atomic mass is 9.73. The van der Waals surface area contributed by atoms with Gasteiger partial charge in [-0.1, -0.05) is 11.3 Å². The van der Waals surface area contributed by atoms with Crippen molar-refractivity contribution in [1.29, 1.82) is 0 Å². The van der Waals surface area contributed by atoms with Crippen LogP contribution in [0.15, 0.2) is 18.5 Å². The molecule has 2 aliphatic heterocycles. The van der Waals surface area contributed by atoms with Gasteiger partial charge in [0.1, 0.15) is 5.82 Å². The van der Waals surface area contributed by atoms with E-state index in [1.807, 2.05) is 0 Å². The van der Waals surface area contributed by atoms with Crippen molar-refractivity contribution in [2.45, 2.75) is 19.0 Å². The van der Waals surface area contributed by atoms with Gasteiger partial charge in [-0.05, 0) is 32.0 Å². The summed E-state index contributed by atoms with van der Waals surface area (Å²) in [6.07, 6.45) is 0.735. The molecule has 0 unspecified atom stereocenters. The molecule has 7 nitrogen and oxygen atoms in total. The van der Waals surface area contributed by atoms with Crippen molar-refractivity contribution >= 4 is 27.2 Å². The number of pyridine rings is 1. The Balaban J connectivity index is 1.38. The molecule has 3 aromatic rings. The Labute approximate surface area is 162 Å². The average Bonchev–Trinajstić information content (AvgIpc) is 3.18. The average molecular weight is 409 g/mol. The van der Waals surface area contributed by atoms with Crippen molar-refractivity contribution in [3.63, 3.8) is 0 Å². The predicted molar refractivity (Wildman–Crippen MR) is 100 cm³/mol. The fraction of sp³-hybridized carbons (Fsp3) is 0.471. The summed E-state index contributed by atoms with van der Waals surface area (Å²) in [6.45, 7) is 4.12. The van der Waals surface area contributed by atoms with Crippen LogP contribution in [0.2, 0.25) is 0 Å². The largest absolute Gasteiger partial charge is 0.419 e. The van der Waals surface area contributed by atoms with Crippen molar-refractivity contribution in [3.8, 4) is 11.3 Å². The van der Waals surface area contributed by atoms with Gasteiger partial charge in [0, 0.05) is 30.3 Å². The third kappa shape index (κ3) is 2.89. The highest BCUT2D eigenvalue weighted by molar-refractivity contribution is 7.20. The highest BCUT2D eigenvalue weighted by Crippen LogP contribution is 2.42. The van der Waals surface area contributed by atoms with E-state index in [2.05, 4.69) is 25.3 Å². The quantitative estimate of drug-likeness (QED) is 0.677. The molecule has 148 valence electrons. The molecule has 2 aliphatic rings. The minimum atomic E-state index is -4.56. The zero-order valence-electron chi connectivity index (χ0n) is 14.8. The molecule has 2 saturated heterocycles. The van der Waals surface area contributed by atoms with E-state index < -0.39 is 17.6 Å². The lowest BCUT2D eigenvalue weighted by Crippen LogP contribution is -2.60. The molecule has 5 rings (SSSR count). The number of hydrogen-bond donors (Lipinski definition) is 2. The maximum atomic E-state index is 13.1. The highest BCUT2D eigenvalue weighted by Gasteiger charge is 2.44. The number of nitrogens with zero attached hydrogens (tertiary/aromatic N) is 5. The van der Waals surface area contributed by atoms with Gasteiger partial charge < -0.3 is 16.0 Å². The molecular formula is C17H18F3N7S. The number of rotatable bonds is 2. The molecule has 0 bridgehead atoms. The van der Waals surface area contributed by atoms with Crippen LogP contribution in [0.5, 0.6) is 0 Å². The van der Waals surface area contributed by atoms with Crippen LogP contribution in [-0.2, 0) is 6.18 Å². The van der Waals surface area contributed by atoms with Crippen LogP contribution >= 0.6 is 11.3 Å². The number of hydrogen-bond acceptors (Lipinski definition) is 7. The molecule has 2 fully saturated rings. The summed E-state index contributed by atoms with van der Waals surface area (Å²) in [6, 6.07) is 0.978. The first kappa shape index (κ1) is 17.7. The maximum Gasteiger partial charge on any atom is 0.419 e. The Hall–Kier alpha value is -2.40. The number of alkyl halides is 3. The molecule has 0 amide bonds. The van der Waals surface area contributed by atoms with Crippen molar-refractivity contribution < 1.29 is 13.2 Å². The fourth-order valence-electron chi connectivity index (χ4n) is 3.97. The van der Waals surface area contributed by atoms with Crippen LogP contribution in [0.1, 0.15) is 18.4 Å². The number of halogens is 3. The van der Waals surface area contributed by atoms with E-state index in [9.17, 15) is 13.2 Å². The van der Waals surface area contributed by atoms with Crippen LogP contribution in [0.3, 0.4) is 0 Å². The standard InChI is InChI=1S/C17H18F3N7S/c18-17(19,20)11-5-10(6-23-13(11)21)12-7-27-14(24-12)28-15(25-27)26-8-16(9-26)1-3-22-4-2-16/h5-7,22H,1-4,8-9H2,(H2,21,23). The molecule has 5 heterocycles. The fourth-order valence-corrected chi connectivity index (χ4v) is 4.85. The van der Waals surface area contributed by atoms with Crippen molar-refractivity contribution in [1.82, 2.24) is 24.9 Å². The zero-order chi connectivity index (χ0) is 19.5. The summed E-state index contributed by atoms with van der Waals surface area (Å²) in [5.41, 5.74) is 5.46. The van der Waals surface area contributed by atoms with Gasteiger partial charge in [0.15, 0.2) is 0 Å². The Morgan fingerprint density at radius 1 is 1.21 bits per heavy atom. The number of fused-ring (bicyclic) bond motifs is 1. The predicted octanol–water partition coefficient (Wildman–Crippen LogP) is 2.64. The van der Waals surface area contributed by atoms with Gasteiger partial charge in [-0.3, -0.25) is 0 Å². The summed E-state index contributed by atoms with van der Waals surface area (Å²) >= 11 is 1.44. The summed E-state index contributed by atoms with van der Waals surface area (Å²) in [7, 11) is 0. The van der Waals surface area contributed by atoms with Crippen LogP contribution in [-0.4, -0.2) is 45.8 Å². The number of anilines is 2. The summed E-state index contributed by atoms with van der Waals surface area (Å²) < 4.78 is 40.8. The van der Waals surface area contributed by atoms with Gasteiger partial charge in [0.05, 0.1) is 17.5 Å². The normalized spacial score (nSPS) is 19.3. The minimum Gasteiger partial charge on any atom is -0.383 e. The number of nitrogen functional groups attached to an aromatic ring is 1. The van der Waals surface area contributed by atoms with Crippen LogP contribution < -0.4 is 16.0 Å². The number of nitrogens with one attached hydrogen (secondary N) is 1. The number of imidazole rings is 1. The van der Waals surface area contributed by atoms with Gasteiger partial charge in [-0.2, -0.15) is 13.2 Å². The molecule has 0 radical (unpaired) electrons. The Kier molecular flexibility index (Phi) is 3.82. The van der Waals surface area contributed by atoms with Gasteiger partial charge in [0.2, 0.25) is 10.1 Å². The van der Waals surface area contributed by atoms with Gasteiger partial charge in [-0.15, -0.1) is 5.10 Å². The molecule has 0 aromatic carbocycles. The highest BCUT2D eigenvalue weighted by atomic mass is 32.1. The summed E-state index contributed by atoms with van der Waals surface area (Å²) in [5.74, 6) is -0.540. The monoisotopic (exact) mass is 409 g/mol. The molecule has 0 atom stereocenters. The van der Waals surface area contributed by atoms with E-state index in [1.165, 1.54) is 30.4 Å². The molecule has 28 heavy (non-hydrogen) atoms. The lowest BCUT2D eigenvalue weighted by molar-refractivity contribution is -0.137. The molecule has 1 spiro atoms. The number of nitrogens with two attached hydrogens (primary N) is 1. The SMILES string of the molecule is Nc1ncc(-c2cn3nc(N4CC5(CCNCC5)C4)sc3n2)cc1C(F)(F)F. The van der Waals surface area contributed by atoms with Gasteiger partial charge in [-0.25, -0.2) is 14.5 Å². The lowest BCUT2D eigenvalue weighted by Gasteiger charge is -2.52. The van der Waals surface area contributed by atoms with Crippen LogP contribution in [0, 0.1) is 5.41 Å². The third-order valence-corrected chi connectivity index (χ3v) is 6.52. The first-order valence-corrected chi connectivity index (χ1v) is 9.80. The van der Waals surface area contributed by atoms with E-state index in [-0.39, 0.29) is 5.56 Å². The van der Waals surface area contributed by atoms with Crippen LogP contribution in [0.25, 0.3) is 16.2 Å². The summed E-state index contributed by atoms with van der Waals surface area (Å²) in [4.78, 5) is 11.0. The van der Waals surface area contributed by atoms with Gasteiger partial charge >= 0.3 is 6.18 Å².